The molecule has 1 N–H and O–H groups in total. The molecule has 2 radical (unpaired) electrons. The van der Waals surface area contributed by atoms with Crippen LogP contribution in [0.15, 0.2) is 39.8 Å². The molecule has 1 amide bonds. The molecule has 0 aromatic heterocycles. The van der Waals surface area contributed by atoms with Gasteiger partial charge in [0.25, 0.3) is 0 Å². The zero-order valence-corrected chi connectivity index (χ0v) is 14.0. The Labute approximate surface area is 140 Å². The zero-order chi connectivity index (χ0) is 15.3. The lowest BCUT2D eigenvalue weighted by molar-refractivity contribution is -0.112. The number of anilines is 1. The third-order valence-electron chi connectivity index (χ3n) is 5.25. The smallest absolute Gasteiger partial charge is 0.241 e. The van der Waals surface area contributed by atoms with E-state index in [9.17, 15) is 4.79 Å². The number of hydrogen-bond donors (Lipinski definition) is 1. The van der Waals surface area contributed by atoms with E-state index in [1.807, 2.05) is 24.3 Å². The number of rotatable bonds is 2. The van der Waals surface area contributed by atoms with Crippen LogP contribution in [0.1, 0.15) is 12.8 Å². The van der Waals surface area contributed by atoms with Crippen molar-refractivity contribution in [2.24, 2.45) is 17.8 Å². The lowest BCUT2D eigenvalue weighted by atomic mass is 9.62. The Balaban J connectivity index is 1.56. The fourth-order valence-corrected chi connectivity index (χ4v) is 4.76. The fraction of sp³-hybridized carbons (Fsp3) is 0.471. The summed E-state index contributed by atoms with van der Waals surface area (Å²) in [6.07, 6.45) is 2.41. The Hall–Kier alpha value is -1.07. The highest BCUT2D eigenvalue weighted by molar-refractivity contribution is 9.10. The lowest BCUT2D eigenvalue weighted by Gasteiger charge is -2.53. The second-order valence-electron chi connectivity index (χ2n) is 6.78. The molecule has 3 saturated heterocycles. The number of hydrogen-bond acceptors (Lipinski definition) is 2. The maximum absolute atomic E-state index is 12.5. The van der Waals surface area contributed by atoms with Crippen molar-refractivity contribution in [1.29, 1.82) is 0 Å². The molecular formula is C17H18BBrN2O. The van der Waals surface area contributed by atoms with E-state index >= 15 is 0 Å². The summed E-state index contributed by atoms with van der Waals surface area (Å²) in [5, 5.41) is 2.92. The normalized spacial score (nSPS) is 32.1. The van der Waals surface area contributed by atoms with Crippen molar-refractivity contribution in [3.63, 3.8) is 0 Å². The maximum Gasteiger partial charge on any atom is 0.241 e. The number of piperidine rings is 3. The zero-order valence-electron chi connectivity index (χ0n) is 12.4. The van der Waals surface area contributed by atoms with E-state index in [4.69, 9.17) is 7.85 Å². The molecule has 1 aliphatic carbocycles. The van der Waals surface area contributed by atoms with Gasteiger partial charge in [-0.05, 0) is 60.3 Å². The summed E-state index contributed by atoms with van der Waals surface area (Å²) in [6, 6.07) is 7.58. The molecule has 1 saturated carbocycles. The van der Waals surface area contributed by atoms with Gasteiger partial charge in [0.15, 0.2) is 0 Å². The summed E-state index contributed by atoms with van der Waals surface area (Å²) < 4.78 is 0.993. The van der Waals surface area contributed by atoms with Gasteiger partial charge >= 0.3 is 0 Å². The molecule has 5 rings (SSSR count). The second-order valence-corrected chi connectivity index (χ2v) is 7.70. The molecule has 4 fully saturated rings. The Bertz CT molecular complexity index is 611. The molecule has 1 aromatic carbocycles. The van der Waals surface area contributed by atoms with Gasteiger partial charge in [0, 0.05) is 29.8 Å². The second kappa shape index (κ2) is 5.53. The van der Waals surface area contributed by atoms with E-state index in [-0.39, 0.29) is 5.91 Å². The van der Waals surface area contributed by atoms with Gasteiger partial charge in [-0.15, -0.1) is 0 Å². The van der Waals surface area contributed by atoms with E-state index in [1.54, 1.807) is 0 Å². The monoisotopic (exact) mass is 356 g/mol. The van der Waals surface area contributed by atoms with Crippen molar-refractivity contribution >= 4 is 35.4 Å². The van der Waals surface area contributed by atoms with Crippen LogP contribution in [0.2, 0.25) is 0 Å². The molecule has 4 aliphatic rings. The largest absolute Gasteiger partial charge is 0.323 e. The molecule has 3 aliphatic heterocycles. The topological polar surface area (TPSA) is 32.3 Å². The highest BCUT2D eigenvalue weighted by Gasteiger charge is 2.45. The number of carbonyl (C=O) groups is 1. The third kappa shape index (κ3) is 2.54. The van der Waals surface area contributed by atoms with Crippen molar-refractivity contribution in [2.75, 3.05) is 25.0 Å². The number of amides is 1. The SMILES string of the molecule is [B]C(C(=O)Nc1ccc(Br)cc1)=C1C2CC3CC1CN(C3)C2. The molecular weight excluding hydrogens is 339 g/mol. The van der Waals surface area contributed by atoms with Crippen LogP contribution in [-0.2, 0) is 4.79 Å². The van der Waals surface area contributed by atoms with E-state index in [0.717, 1.165) is 29.2 Å². The van der Waals surface area contributed by atoms with Crippen LogP contribution >= 0.6 is 15.9 Å². The van der Waals surface area contributed by atoms with Crippen molar-refractivity contribution in [3.8, 4) is 0 Å². The summed E-state index contributed by atoms with van der Waals surface area (Å²) in [7, 11) is 6.26. The van der Waals surface area contributed by atoms with Gasteiger partial charge < -0.3 is 10.2 Å². The van der Waals surface area contributed by atoms with E-state index in [1.165, 1.54) is 25.0 Å². The lowest BCUT2D eigenvalue weighted by Crippen LogP contribution is -2.55. The number of benzene rings is 1. The van der Waals surface area contributed by atoms with Crippen molar-refractivity contribution < 1.29 is 4.79 Å². The summed E-state index contributed by atoms with van der Waals surface area (Å²) in [5.41, 5.74) is 2.46. The van der Waals surface area contributed by atoms with Gasteiger partial charge in [-0.3, -0.25) is 4.79 Å². The third-order valence-corrected chi connectivity index (χ3v) is 5.78. The summed E-state index contributed by atoms with van der Waals surface area (Å²) in [6.45, 7) is 3.40. The number of carbonyl (C=O) groups excluding carboxylic acids is 1. The average Bonchev–Trinajstić information content (AvgIpc) is 2.48. The van der Waals surface area contributed by atoms with E-state index in [2.05, 4.69) is 26.1 Å². The molecule has 3 nitrogen and oxygen atoms in total. The van der Waals surface area contributed by atoms with Crippen LogP contribution < -0.4 is 5.32 Å². The molecule has 112 valence electrons. The predicted molar refractivity (Wildman–Crippen MR) is 91.7 cm³/mol. The average molecular weight is 357 g/mol. The van der Waals surface area contributed by atoms with Gasteiger partial charge in [-0.25, -0.2) is 0 Å². The summed E-state index contributed by atoms with van der Waals surface area (Å²) in [4.78, 5) is 15.0. The highest BCUT2D eigenvalue weighted by Crippen LogP contribution is 2.47. The minimum Gasteiger partial charge on any atom is -0.323 e. The molecule has 4 bridgehead atoms. The van der Waals surface area contributed by atoms with Crippen LogP contribution in [0, 0.1) is 17.8 Å². The Morgan fingerprint density at radius 2 is 1.77 bits per heavy atom. The van der Waals surface area contributed by atoms with Gasteiger partial charge in [0.1, 0.15) is 7.85 Å². The molecule has 2 unspecified atom stereocenters. The van der Waals surface area contributed by atoms with Gasteiger partial charge in [0.2, 0.25) is 5.91 Å². The van der Waals surface area contributed by atoms with Crippen LogP contribution in [0.4, 0.5) is 5.69 Å². The van der Waals surface area contributed by atoms with E-state index in [0.29, 0.717) is 17.3 Å². The Morgan fingerprint density at radius 1 is 1.14 bits per heavy atom. The molecule has 2 atom stereocenters. The molecule has 1 aromatic rings. The summed E-state index contributed by atoms with van der Waals surface area (Å²) in [5.74, 6) is 1.63. The standard InChI is InChI=1S/C17H18BBrN2O/c18-16(17(22)20-14-3-1-13(19)2-4-14)15-11-5-10-6-12(15)9-21(7-10)8-11/h1-4,10-12H,5-9H2,(H,20,22). The first-order valence-corrected chi connectivity index (χ1v) is 8.68. The van der Waals surface area contributed by atoms with Gasteiger partial charge in [-0.2, -0.15) is 0 Å². The van der Waals surface area contributed by atoms with Crippen molar-refractivity contribution in [3.05, 3.63) is 39.8 Å². The number of nitrogens with zero attached hydrogens (tertiary/aromatic N) is 1. The summed E-state index contributed by atoms with van der Waals surface area (Å²) >= 11 is 3.39. The number of nitrogens with one attached hydrogen (secondary N) is 1. The molecule has 5 heteroatoms. The first kappa shape index (κ1) is 14.5. The minimum atomic E-state index is -0.153. The maximum atomic E-state index is 12.5. The van der Waals surface area contributed by atoms with Gasteiger partial charge in [0.05, 0.1) is 0 Å². The molecule has 3 heterocycles. The first-order valence-electron chi connectivity index (χ1n) is 7.89. The molecule has 22 heavy (non-hydrogen) atoms. The predicted octanol–water partition coefficient (Wildman–Crippen LogP) is 2.78. The van der Waals surface area contributed by atoms with Crippen molar-refractivity contribution in [1.82, 2.24) is 4.90 Å². The Kier molecular flexibility index (Phi) is 3.65. The minimum absolute atomic E-state index is 0.153. The van der Waals surface area contributed by atoms with Crippen molar-refractivity contribution in [2.45, 2.75) is 12.8 Å². The van der Waals surface area contributed by atoms with Crippen LogP contribution in [-0.4, -0.2) is 38.3 Å². The van der Waals surface area contributed by atoms with Crippen LogP contribution in [0.25, 0.3) is 0 Å². The highest BCUT2D eigenvalue weighted by atomic mass is 79.9. The fourth-order valence-electron chi connectivity index (χ4n) is 4.50. The Morgan fingerprint density at radius 3 is 2.36 bits per heavy atom. The molecule has 0 spiro atoms. The quantitative estimate of drug-likeness (QED) is 0.652. The first-order chi connectivity index (χ1) is 10.6. The number of halogens is 1. The van der Waals surface area contributed by atoms with Crippen LogP contribution in [0.3, 0.4) is 0 Å². The van der Waals surface area contributed by atoms with Gasteiger partial charge in [-0.1, -0.05) is 21.5 Å². The van der Waals surface area contributed by atoms with Crippen LogP contribution in [0.5, 0.6) is 0 Å². The van der Waals surface area contributed by atoms with E-state index < -0.39 is 0 Å².